The molecule has 0 saturated carbocycles. The van der Waals surface area contributed by atoms with Crippen molar-refractivity contribution in [3.63, 3.8) is 0 Å². The van der Waals surface area contributed by atoms with E-state index in [4.69, 9.17) is 17.0 Å². The fourth-order valence-electron chi connectivity index (χ4n) is 8.23. The van der Waals surface area contributed by atoms with Crippen LogP contribution in [0.25, 0.3) is 86.9 Å². The van der Waals surface area contributed by atoms with Crippen LogP contribution in [0.3, 0.4) is 0 Å². The number of hydrogen-bond donors (Lipinski definition) is 0. The van der Waals surface area contributed by atoms with Gasteiger partial charge in [0.2, 0.25) is 0 Å². The topological polar surface area (TPSA) is 0 Å². The molecular weight excluding hydrogens is 839 g/mol. The number of rotatable bonds is 4. The average molecular weight is 887 g/mol. The van der Waals surface area contributed by atoms with Gasteiger partial charge in [-0.05, 0) is 78.2 Å². The molecule has 58 heavy (non-hydrogen) atoms. The van der Waals surface area contributed by atoms with Crippen molar-refractivity contribution in [1.82, 2.24) is 0 Å². The summed E-state index contributed by atoms with van der Waals surface area (Å²) in [5.74, 6) is 1.08. The van der Waals surface area contributed by atoms with Gasteiger partial charge in [0.1, 0.15) is 0 Å². The summed E-state index contributed by atoms with van der Waals surface area (Å²) in [5.41, 5.74) is 8.20. The molecule has 10 aromatic carbocycles. The molecule has 2 radical (unpaired) electrons. The van der Waals surface area contributed by atoms with Gasteiger partial charge >= 0.3 is 37.9 Å². The number of benzene rings is 8. The predicted molar refractivity (Wildman–Crippen MR) is 257 cm³/mol. The van der Waals surface area contributed by atoms with Crippen LogP contribution in [0.5, 0.6) is 0 Å². The Labute approximate surface area is 365 Å². The molecule has 0 amide bonds. The summed E-state index contributed by atoms with van der Waals surface area (Å²) in [6.07, 6.45) is 0. The first kappa shape index (κ1) is 41.8. The van der Waals surface area contributed by atoms with Gasteiger partial charge in [0.15, 0.2) is 0 Å². The Morgan fingerprint density at radius 2 is 0.707 bits per heavy atom. The summed E-state index contributed by atoms with van der Waals surface area (Å²) >= 11 is -0.826. The number of fused-ring (bicyclic) bond motifs is 6. The molecule has 286 valence electrons. The van der Waals surface area contributed by atoms with E-state index in [0.717, 1.165) is 9.52 Å². The Kier molecular flexibility index (Phi) is 13.8. The first-order valence-electron chi connectivity index (χ1n) is 20.0. The van der Waals surface area contributed by atoms with Crippen molar-refractivity contribution in [2.75, 3.05) is 0 Å². The Hall–Kier alpha value is -4.30. The standard InChI is InChI=1S/2C26H21.C2H6Si.2ClH.Zr/c2*1-17(2)21-15-20-10-7-13-24(25(20)16-21)26-22-11-5-3-8-18(22)14-19-9-4-6-12-23(19)26;1-3-2;;;/h2*3-17H,1-2H3;1-2H3;2*1H;/q2*-1;;;;+4/p-2. The second-order valence-electron chi connectivity index (χ2n) is 15.5. The minimum atomic E-state index is -0.826. The molecule has 0 spiro atoms. The molecule has 0 aliphatic heterocycles. The van der Waals surface area contributed by atoms with E-state index in [2.05, 4.69) is 211 Å². The second kappa shape index (κ2) is 19.2. The fourth-order valence-corrected chi connectivity index (χ4v) is 8.23. The molecule has 0 N–H and O–H groups in total. The van der Waals surface area contributed by atoms with E-state index in [1.807, 2.05) is 0 Å². The Morgan fingerprint density at radius 3 is 1.00 bits per heavy atom. The Balaban J connectivity index is 0.000000156. The second-order valence-corrected chi connectivity index (χ2v) is 20.2. The van der Waals surface area contributed by atoms with Crippen LogP contribution < -0.4 is 0 Å². The van der Waals surface area contributed by atoms with Gasteiger partial charge in [0.05, 0.1) is 0 Å². The predicted octanol–water partition coefficient (Wildman–Crippen LogP) is 17.5. The minimum absolute atomic E-state index is 0.541. The third-order valence-electron chi connectivity index (χ3n) is 11.0. The van der Waals surface area contributed by atoms with Crippen LogP contribution in [0.2, 0.25) is 13.1 Å². The van der Waals surface area contributed by atoms with Crippen molar-refractivity contribution >= 4 is 91.2 Å². The van der Waals surface area contributed by atoms with E-state index < -0.39 is 20.8 Å². The van der Waals surface area contributed by atoms with Crippen LogP contribution in [0, 0.1) is 0 Å². The number of halogens is 2. The molecule has 0 aliphatic rings. The maximum atomic E-state index is 4.93. The molecule has 0 fully saturated rings. The third-order valence-corrected chi connectivity index (χ3v) is 11.0. The quantitative estimate of drug-likeness (QED) is 0.0938. The molecule has 10 rings (SSSR count). The summed E-state index contributed by atoms with van der Waals surface area (Å²) < 4.78 is 0. The van der Waals surface area contributed by atoms with E-state index in [1.54, 1.807) is 0 Å². The van der Waals surface area contributed by atoms with Gasteiger partial charge in [-0.25, -0.2) is 0 Å². The van der Waals surface area contributed by atoms with Crippen molar-refractivity contribution in [3.05, 3.63) is 181 Å². The fraction of sp³-hybridized carbons (Fsp3) is 0.148. The van der Waals surface area contributed by atoms with Gasteiger partial charge in [-0.2, -0.15) is 12.1 Å². The molecule has 4 heteroatoms. The van der Waals surface area contributed by atoms with Gasteiger partial charge in [-0.15, -0.1) is 69.1 Å². The molecular formula is C54H48Cl2SiZr. The zero-order valence-corrected chi connectivity index (χ0v) is 39.0. The van der Waals surface area contributed by atoms with Crippen molar-refractivity contribution in [2.24, 2.45) is 0 Å². The summed E-state index contributed by atoms with van der Waals surface area (Å²) in [4.78, 5) is 0. The van der Waals surface area contributed by atoms with E-state index in [1.165, 1.54) is 98.0 Å². The summed E-state index contributed by atoms with van der Waals surface area (Å²) in [7, 11) is 11.0. The zero-order valence-electron chi connectivity index (χ0n) is 34.1. The normalized spacial score (nSPS) is 11.1. The van der Waals surface area contributed by atoms with Gasteiger partial charge in [0.25, 0.3) is 0 Å². The van der Waals surface area contributed by atoms with Gasteiger partial charge in [-0.3, -0.25) is 0 Å². The van der Waals surface area contributed by atoms with Crippen molar-refractivity contribution in [3.8, 4) is 22.3 Å². The van der Waals surface area contributed by atoms with Crippen LogP contribution in [-0.2, 0) is 20.8 Å². The van der Waals surface area contributed by atoms with Crippen molar-refractivity contribution < 1.29 is 20.8 Å². The van der Waals surface area contributed by atoms with E-state index in [-0.39, 0.29) is 0 Å². The van der Waals surface area contributed by atoms with E-state index in [9.17, 15) is 0 Å². The van der Waals surface area contributed by atoms with Crippen LogP contribution in [0.4, 0.5) is 0 Å². The third kappa shape index (κ3) is 8.68. The molecule has 0 nitrogen and oxygen atoms in total. The van der Waals surface area contributed by atoms with Gasteiger partial charge < -0.3 is 0 Å². The van der Waals surface area contributed by atoms with Crippen molar-refractivity contribution in [2.45, 2.75) is 52.6 Å². The van der Waals surface area contributed by atoms with Gasteiger partial charge in [0, 0.05) is 9.52 Å². The van der Waals surface area contributed by atoms with E-state index in [0.29, 0.717) is 11.8 Å². The van der Waals surface area contributed by atoms with E-state index >= 15 is 0 Å². The van der Waals surface area contributed by atoms with Crippen LogP contribution in [0.15, 0.2) is 170 Å². The molecule has 0 atom stereocenters. The molecule has 0 unspecified atom stereocenters. The molecule has 10 aromatic rings. The summed E-state index contributed by atoms with van der Waals surface area (Å²) in [5, 5.41) is 15.9. The summed E-state index contributed by atoms with van der Waals surface area (Å²) in [6, 6.07) is 62.4. The maximum absolute atomic E-state index is 4.93. The van der Waals surface area contributed by atoms with Crippen LogP contribution in [0.1, 0.15) is 50.7 Å². The molecule has 0 saturated heterocycles. The first-order chi connectivity index (χ1) is 28.3. The zero-order chi connectivity index (χ0) is 40.8. The molecule has 0 aliphatic carbocycles. The Bertz CT molecular complexity index is 2660. The monoisotopic (exact) mass is 884 g/mol. The van der Waals surface area contributed by atoms with Crippen molar-refractivity contribution in [1.29, 1.82) is 0 Å². The SMILES string of the molecule is CC(C)c1cc2c(-c3c4ccccc4cc4ccccc34)cccc2[cH-]1.CC(C)c1cc2c(-c3c4ccccc4cc4ccccc34)cccc2[cH-]1.C[Si]C.[Cl][Zr+2][Cl]. The molecule has 0 aromatic heterocycles. The summed E-state index contributed by atoms with van der Waals surface area (Å²) in [6.45, 7) is 13.4. The molecule has 0 heterocycles. The van der Waals surface area contributed by atoms with Crippen LogP contribution in [-0.4, -0.2) is 9.52 Å². The molecule has 0 bridgehead atoms. The average Bonchev–Trinajstić information content (AvgIpc) is 3.89. The first-order valence-corrected chi connectivity index (χ1v) is 28.4. The Morgan fingerprint density at radius 1 is 0.414 bits per heavy atom. The number of hydrogen-bond acceptors (Lipinski definition) is 0. The van der Waals surface area contributed by atoms with Gasteiger partial charge in [-0.1, -0.05) is 161 Å². The van der Waals surface area contributed by atoms with Crippen LogP contribution >= 0.6 is 17.0 Å².